The van der Waals surface area contributed by atoms with E-state index in [9.17, 15) is 9.59 Å². The summed E-state index contributed by atoms with van der Waals surface area (Å²) in [5.74, 6) is -0.796. The Bertz CT molecular complexity index is 213. The van der Waals surface area contributed by atoms with Crippen molar-refractivity contribution in [2.75, 3.05) is 7.05 Å². The zero-order valence-electron chi connectivity index (χ0n) is 8.47. The number of rotatable bonds is 4. The van der Waals surface area contributed by atoms with E-state index in [4.69, 9.17) is 5.73 Å². The highest BCUT2D eigenvalue weighted by molar-refractivity contribution is 5.91. The molecule has 0 fully saturated rings. The van der Waals surface area contributed by atoms with Gasteiger partial charge < -0.3 is 16.4 Å². The minimum atomic E-state index is -0.998. The van der Waals surface area contributed by atoms with Crippen molar-refractivity contribution in [3.05, 3.63) is 0 Å². The number of carbonyl (C=O) groups excluding carboxylic acids is 2. The van der Waals surface area contributed by atoms with Gasteiger partial charge in [-0.05, 0) is 27.8 Å². The third-order valence-corrected chi connectivity index (χ3v) is 1.88. The Kier molecular flexibility index (Phi) is 3.87. The van der Waals surface area contributed by atoms with E-state index in [-0.39, 0.29) is 11.9 Å². The number of nitrogens with two attached hydrogens (primary N) is 1. The lowest BCUT2D eigenvalue weighted by molar-refractivity contribution is -0.131. The second-order valence-electron chi connectivity index (χ2n) is 3.49. The number of amides is 2. The molecule has 0 aromatic heterocycles. The molecule has 0 aliphatic carbocycles. The minimum absolute atomic E-state index is 0.244. The normalized spacial score (nSPS) is 13.5. The largest absolute Gasteiger partial charge is 0.368 e. The summed E-state index contributed by atoms with van der Waals surface area (Å²) >= 11 is 0. The molecule has 0 bridgehead atoms. The lowest BCUT2D eigenvalue weighted by Crippen LogP contribution is -2.56. The van der Waals surface area contributed by atoms with E-state index in [1.807, 2.05) is 0 Å². The summed E-state index contributed by atoms with van der Waals surface area (Å²) < 4.78 is 0. The Hall–Kier alpha value is -1.10. The summed E-state index contributed by atoms with van der Waals surface area (Å²) in [6.07, 6.45) is 0. The molecule has 0 spiro atoms. The molecule has 13 heavy (non-hydrogen) atoms. The van der Waals surface area contributed by atoms with Crippen LogP contribution in [-0.2, 0) is 9.59 Å². The van der Waals surface area contributed by atoms with Crippen molar-refractivity contribution < 1.29 is 9.59 Å². The number of hydrogen-bond acceptors (Lipinski definition) is 3. The fraction of sp³-hybridized carbons (Fsp3) is 0.750. The molecule has 5 nitrogen and oxygen atoms in total. The molecule has 0 aliphatic heterocycles. The van der Waals surface area contributed by atoms with Crippen LogP contribution in [0.2, 0.25) is 0 Å². The lowest BCUT2D eigenvalue weighted by atomic mass is 10.0. The van der Waals surface area contributed by atoms with Crippen LogP contribution in [0, 0.1) is 0 Å². The van der Waals surface area contributed by atoms with Crippen LogP contribution < -0.4 is 16.4 Å². The first-order valence-corrected chi connectivity index (χ1v) is 4.10. The van der Waals surface area contributed by atoms with Crippen LogP contribution in [0.1, 0.15) is 20.8 Å². The average molecular weight is 187 g/mol. The van der Waals surface area contributed by atoms with Crippen LogP contribution in [0.4, 0.5) is 0 Å². The highest BCUT2D eigenvalue weighted by Gasteiger charge is 2.28. The van der Waals surface area contributed by atoms with Gasteiger partial charge in [0.05, 0.1) is 6.04 Å². The standard InChI is InChI=1S/C8H17N3O2/c1-5(10-4)6(12)11-8(2,3)7(9)13/h5,10H,1-4H3,(H2,9,13)(H,11,12). The minimum Gasteiger partial charge on any atom is -0.368 e. The van der Waals surface area contributed by atoms with E-state index in [1.165, 1.54) is 0 Å². The molecule has 0 radical (unpaired) electrons. The Morgan fingerprint density at radius 2 is 1.85 bits per heavy atom. The Morgan fingerprint density at radius 1 is 1.38 bits per heavy atom. The van der Waals surface area contributed by atoms with Gasteiger partial charge >= 0.3 is 0 Å². The predicted octanol–water partition coefficient (Wildman–Crippen LogP) is -1.03. The molecule has 0 aromatic carbocycles. The molecule has 4 N–H and O–H groups in total. The number of nitrogens with one attached hydrogen (secondary N) is 2. The van der Waals surface area contributed by atoms with Crippen molar-refractivity contribution in [2.45, 2.75) is 32.4 Å². The van der Waals surface area contributed by atoms with E-state index >= 15 is 0 Å². The van der Waals surface area contributed by atoms with Crippen LogP contribution in [0.3, 0.4) is 0 Å². The fourth-order valence-electron chi connectivity index (χ4n) is 0.609. The van der Waals surface area contributed by atoms with Gasteiger partial charge in [0.25, 0.3) is 0 Å². The van der Waals surface area contributed by atoms with Crippen molar-refractivity contribution in [1.82, 2.24) is 10.6 Å². The maximum atomic E-state index is 11.3. The summed E-state index contributed by atoms with van der Waals surface area (Å²) in [7, 11) is 1.67. The first kappa shape index (κ1) is 11.9. The fourth-order valence-corrected chi connectivity index (χ4v) is 0.609. The van der Waals surface area contributed by atoms with E-state index in [1.54, 1.807) is 27.8 Å². The SMILES string of the molecule is CNC(C)C(=O)NC(C)(C)C(N)=O. The van der Waals surface area contributed by atoms with Gasteiger partial charge in [0.15, 0.2) is 0 Å². The van der Waals surface area contributed by atoms with Crippen LogP contribution in [0.25, 0.3) is 0 Å². The molecule has 1 atom stereocenters. The quantitative estimate of drug-likeness (QED) is 0.526. The highest BCUT2D eigenvalue weighted by Crippen LogP contribution is 2.00. The summed E-state index contributed by atoms with van der Waals surface area (Å²) in [6, 6.07) is -0.335. The Balaban J connectivity index is 4.28. The summed E-state index contributed by atoms with van der Waals surface area (Å²) in [4.78, 5) is 22.2. The first-order chi connectivity index (χ1) is 5.81. The zero-order valence-corrected chi connectivity index (χ0v) is 8.47. The van der Waals surface area contributed by atoms with Gasteiger partial charge in [0.1, 0.15) is 5.54 Å². The van der Waals surface area contributed by atoms with Crippen molar-refractivity contribution in [2.24, 2.45) is 5.73 Å². The Labute approximate surface area is 78.1 Å². The molecule has 0 rings (SSSR count). The topological polar surface area (TPSA) is 84.2 Å². The molecule has 0 aromatic rings. The summed E-state index contributed by atoms with van der Waals surface area (Å²) in [6.45, 7) is 4.83. The average Bonchev–Trinajstić information content (AvgIpc) is 2.01. The van der Waals surface area contributed by atoms with E-state index in [2.05, 4.69) is 10.6 Å². The van der Waals surface area contributed by atoms with Gasteiger partial charge in [-0.3, -0.25) is 9.59 Å². The molecule has 0 aliphatic rings. The summed E-state index contributed by atoms with van der Waals surface area (Å²) in [5.41, 5.74) is 4.09. The molecule has 5 heteroatoms. The van der Waals surface area contributed by atoms with Crippen LogP contribution in [0.5, 0.6) is 0 Å². The van der Waals surface area contributed by atoms with Crippen LogP contribution in [0.15, 0.2) is 0 Å². The maximum Gasteiger partial charge on any atom is 0.242 e. The first-order valence-electron chi connectivity index (χ1n) is 4.10. The maximum absolute atomic E-state index is 11.3. The number of primary amides is 1. The van der Waals surface area contributed by atoms with Gasteiger partial charge in [-0.15, -0.1) is 0 Å². The lowest BCUT2D eigenvalue weighted by Gasteiger charge is -2.24. The van der Waals surface area contributed by atoms with Gasteiger partial charge in [-0.2, -0.15) is 0 Å². The molecule has 0 heterocycles. The van der Waals surface area contributed by atoms with E-state index in [0.717, 1.165) is 0 Å². The monoisotopic (exact) mass is 187 g/mol. The molecular weight excluding hydrogens is 170 g/mol. The zero-order chi connectivity index (χ0) is 10.6. The number of hydrogen-bond donors (Lipinski definition) is 3. The molecule has 2 amide bonds. The van der Waals surface area contributed by atoms with Crippen molar-refractivity contribution in [3.63, 3.8) is 0 Å². The van der Waals surface area contributed by atoms with Gasteiger partial charge in [0, 0.05) is 0 Å². The van der Waals surface area contributed by atoms with Crippen molar-refractivity contribution in [3.8, 4) is 0 Å². The third-order valence-electron chi connectivity index (χ3n) is 1.88. The van der Waals surface area contributed by atoms with E-state index < -0.39 is 11.4 Å². The number of likely N-dealkylation sites (N-methyl/N-ethyl adjacent to an activating group) is 1. The molecule has 0 saturated heterocycles. The molecule has 1 unspecified atom stereocenters. The van der Waals surface area contributed by atoms with E-state index in [0.29, 0.717) is 0 Å². The summed E-state index contributed by atoms with van der Waals surface area (Å²) in [5, 5.41) is 5.29. The molecule has 0 saturated carbocycles. The second-order valence-corrected chi connectivity index (χ2v) is 3.49. The second kappa shape index (κ2) is 4.23. The third kappa shape index (κ3) is 3.42. The van der Waals surface area contributed by atoms with Crippen molar-refractivity contribution in [1.29, 1.82) is 0 Å². The smallest absolute Gasteiger partial charge is 0.242 e. The van der Waals surface area contributed by atoms with Crippen molar-refractivity contribution >= 4 is 11.8 Å². The van der Waals surface area contributed by atoms with Gasteiger partial charge in [0.2, 0.25) is 11.8 Å². The predicted molar refractivity (Wildman–Crippen MR) is 49.9 cm³/mol. The molecule has 76 valence electrons. The van der Waals surface area contributed by atoms with Gasteiger partial charge in [-0.25, -0.2) is 0 Å². The molecular formula is C8H17N3O2. The van der Waals surface area contributed by atoms with Gasteiger partial charge in [-0.1, -0.05) is 0 Å². The highest BCUT2D eigenvalue weighted by atomic mass is 16.2. The van der Waals surface area contributed by atoms with Crippen LogP contribution >= 0.6 is 0 Å². The Morgan fingerprint density at radius 3 is 2.15 bits per heavy atom. The number of carbonyl (C=O) groups is 2. The van der Waals surface area contributed by atoms with Crippen LogP contribution in [-0.4, -0.2) is 30.4 Å².